The lowest BCUT2D eigenvalue weighted by Gasteiger charge is -2.04. The number of hydrogen-bond acceptors (Lipinski definition) is 3. The minimum Gasteiger partial charge on any atom is -0.353 e. The number of rotatable bonds is 7. The molecule has 0 atom stereocenters. The Bertz CT molecular complexity index is 319. The molecule has 1 heterocycles. The molecule has 1 amide bonds. The fraction of sp³-hybridized carbons (Fsp3) is 0.636. The summed E-state index contributed by atoms with van der Waals surface area (Å²) >= 11 is 0. The van der Waals surface area contributed by atoms with Crippen molar-refractivity contribution < 1.29 is 4.79 Å². The van der Waals surface area contributed by atoms with Gasteiger partial charge in [-0.05, 0) is 31.9 Å². The molecule has 1 aromatic heterocycles. The minimum atomic E-state index is 0.186. The number of aromatic amines is 1. The summed E-state index contributed by atoms with van der Waals surface area (Å²) in [5.74, 6) is 0.186. The van der Waals surface area contributed by atoms with E-state index in [4.69, 9.17) is 0 Å². The molecule has 1 aliphatic carbocycles. The summed E-state index contributed by atoms with van der Waals surface area (Å²) in [6, 6.07) is 2.41. The maximum atomic E-state index is 11.3. The molecule has 0 aromatic carbocycles. The number of aromatic nitrogens is 2. The standard InChI is InChI=1S/C11H18N4O/c16-11(14-9-3-4-9)2-1-6-12-8-10-5-7-13-15-10/h5,7,9,12H,1-4,6,8H2,(H,13,15)(H,14,16). The molecule has 0 unspecified atom stereocenters. The molecule has 0 bridgehead atoms. The van der Waals surface area contributed by atoms with Crippen LogP contribution in [0.15, 0.2) is 12.3 Å². The quantitative estimate of drug-likeness (QED) is 0.590. The third-order valence-corrected chi connectivity index (χ3v) is 2.57. The highest BCUT2D eigenvalue weighted by Gasteiger charge is 2.22. The molecule has 0 radical (unpaired) electrons. The van der Waals surface area contributed by atoms with E-state index in [2.05, 4.69) is 20.8 Å². The van der Waals surface area contributed by atoms with Crippen molar-refractivity contribution >= 4 is 5.91 Å². The van der Waals surface area contributed by atoms with Gasteiger partial charge in [-0.2, -0.15) is 5.10 Å². The van der Waals surface area contributed by atoms with Gasteiger partial charge in [0.25, 0.3) is 0 Å². The molecule has 88 valence electrons. The lowest BCUT2D eigenvalue weighted by atomic mass is 10.3. The van der Waals surface area contributed by atoms with Gasteiger partial charge in [0, 0.05) is 30.9 Å². The van der Waals surface area contributed by atoms with E-state index in [0.717, 1.165) is 38.0 Å². The van der Waals surface area contributed by atoms with Crippen molar-refractivity contribution in [3.8, 4) is 0 Å². The Morgan fingerprint density at radius 2 is 2.44 bits per heavy atom. The van der Waals surface area contributed by atoms with Crippen LogP contribution in [-0.2, 0) is 11.3 Å². The molecule has 1 saturated carbocycles. The predicted octanol–water partition coefficient (Wildman–Crippen LogP) is 0.558. The van der Waals surface area contributed by atoms with Gasteiger partial charge in [-0.15, -0.1) is 0 Å². The van der Waals surface area contributed by atoms with Crippen LogP contribution in [0.4, 0.5) is 0 Å². The van der Waals surface area contributed by atoms with Gasteiger partial charge in [-0.3, -0.25) is 9.89 Å². The molecule has 1 aliphatic rings. The van der Waals surface area contributed by atoms with Crippen molar-refractivity contribution in [2.24, 2.45) is 0 Å². The molecular formula is C11H18N4O. The lowest BCUT2D eigenvalue weighted by Crippen LogP contribution is -2.26. The van der Waals surface area contributed by atoms with Gasteiger partial charge in [0.05, 0.1) is 0 Å². The Balaban J connectivity index is 1.46. The summed E-state index contributed by atoms with van der Waals surface area (Å²) in [6.45, 7) is 1.64. The second-order valence-electron chi connectivity index (χ2n) is 4.20. The molecule has 16 heavy (non-hydrogen) atoms. The summed E-state index contributed by atoms with van der Waals surface area (Å²) < 4.78 is 0. The second kappa shape index (κ2) is 5.65. The van der Waals surface area contributed by atoms with Gasteiger partial charge < -0.3 is 10.6 Å². The van der Waals surface area contributed by atoms with E-state index in [1.807, 2.05) is 6.07 Å². The first-order valence-electron chi connectivity index (χ1n) is 5.83. The van der Waals surface area contributed by atoms with Crippen LogP contribution in [-0.4, -0.2) is 28.7 Å². The predicted molar refractivity (Wildman–Crippen MR) is 60.7 cm³/mol. The molecule has 0 spiro atoms. The molecule has 1 aromatic rings. The van der Waals surface area contributed by atoms with E-state index >= 15 is 0 Å². The Kier molecular flexibility index (Phi) is 3.93. The van der Waals surface area contributed by atoms with Crippen LogP contribution in [0.2, 0.25) is 0 Å². The molecule has 5 heteroatoms. The van der Waals surface area contributed by atoms with Crippen LogP contribution in [0.3, 0.4) is 0 Å². The SMILES string of the molecule is O=C(CCCNCc1ccn[nH]1)NC1CC1. The summed E-state index contributed by atoms with van der Waals surface area (Å²) in [7, 11) is 0. The average molecular weight is 222 g/mol. The number of carbonyl (C=O) groups excluding carboxylic acids is 1. The van der Waals surface area contributed by atoms with Crippen molar-refractivity contribution in [3.63, 3.8) is 0 Å². The first-order chi connectivity index (χ1) is 7.84. The first-order valence-corrected chi connectivity index (χ1v) is 5.83. The van der Waals surface area contributed by atoms with Crippen molar-refractivity contribution in [1.82, 2.24) is 20.8 Å². The van der Waals surface area contributed by atoms with Crippen LogP contribution >= 0.6 is 0 Å². The molecule has 1 fully saturated rings. The number of hydrogen-bond donors (Lipinski definition) is 3. The van der Waals surface area contributed by atoms with Gasteiger partial charge in [-0.1, -0.05) is 0 Å². The van der Waals surface area contributed by atoms with E-state index in [9.17, 15) is 4.79 Å². The van der Waals surface area contributed by atoms with E-state index in [-0.39, 0.29) is 5.91 Å². The number of amides is 1. The average Bonchev–Trinajstić information content (AvgIpc) is 2.93. The fourth-order valence-electron chi connectivity index (χ4n) is 1.51. The molecule has 0 saturated heterocycles. The van der Waals surface area contributed by atoms with Gasteiger partial charge in [0.1, 0.15) is 0 Å². The third-order valence-electron chi connectivity index (χ3n) is 2.57. The van der Waals surface area contributed by atoms with E-state index in [0.29, 0.717) is 12.5 Å². The highest BCUT2D eigenvalue weighted by atomic mass is 16.1. The van der Waals surface area contributed by atoms with Crippen LogP contribution < -0.4 is 10.6 Å². The monoisotopic (exact) mass is 222 g/mol. The Morgan fingerprint density at radius 3 is 3.12 bits per heavy atom. The zero-order valence-electron chi connectivity index (χ0n) is 9.33. The highest BCUT2D eigenvalue weighted by Crippen LogP contribution is 2.18. The largest absolute Gasteiger partial charge is 0.353 e. The first kappa shape index (κ1) is 11.1. The number of H-pyrrole nitrogens is 1. The van der Waals surface area contributed by atoms with Crippen LogP contribution in [0, 0.1) is 0 Å². The smallest absolute Gasteiger partial charge is 0.220 e. The van der Waals surface area contributed by atoms with Gasteiger partial charge in [0.15, 0.2) is 0 Å². The normalized spacial score (nSPS) is 15.0. The lowest BCUT2D eigenvalue weighted by molar-refractivity contribution is -0.121. The van der Waals surface area contributed by atoms with Crippen molar-refractivity contribution in [1.29, 1.82) is 0 Å². The zero-order valence-corrected chi connectivity index (χ0v) is 9.33. The molecule has 5 nitrogen and oxygen atoms in total. The van der Waals surface area contributed by atoms with Crippen molar-refractivity contribution in [3.05, 3.63) is 18.0 Å². The maximum Gasteiger partial charge on any atom is 0.220 e. The molecule has 0 aliphatic heterocycles. The summed E-state index contributed by atoms with van der Waals surface area (Å²) in [5, 5.41) is 13.0. The highest BCUT2D eigenvalue weighted by molar-refractivity contribution is 5.76. The van der Waals surface area contributed by atoms with Crippen molar-refractivity contribution in [2.75, 3.05) is 6.54 Å². The van der Waals surface area contributed by atoms with E-state index in [1.54, 1.807) is 6.20 Å². The number of carbonyl (C=O) groups is 1. The second-order valence-corrected chi connectivity index (χ2v) is 4.20. The van der Waals surface area contributed by atoms with E-state index < -0.39 is 0 Å². The van der Waals surface area contributed by atoms with Crippen LogP contribution in [0.1, 0.15) is 31.4 Å². The molecule has 2 rings (SSSR count). The number of nitrogens with one attached hydrogen (secondary N) is 3. The van der Waals surface area contributed by atoms with E-state index in [1.165, 1.54) is 0 Å². The summed E-state index contributed by atoms with van der Waals surface area (Å²) in [4.78, 5) is 11.3. The minimum absolute atomic E-state index is 0.186. The van der Waals surface area contributed by atoms with Gasteiger partial charge >= 0.3 is 0 Å². The summed E-state index contributed by atoms with van der Waals surface area (Å²) in [5.41, 5.74) is 1.07. The molecule has 3 N–H and O–H groups in total. The Hall–Kier alpha value is -1.36. The Morgan fingerprint density at radius 1 is 1.56 bits per heavy atom. The topological polar surface area (TPSA) is 69.8 Å². The fourth-order valence-corrected chi connectivity index (χ4v) is 1.51. The van der Waals surface area contributed by atoms with Gasteiger partial charge in [0.2, 0.25) is 5.91 Å². The van der Waals surface area contributed by atoms with Crippen molar-refractivity contribution in [2.45, 2.75) is 38.3 Å². The maximum absolute atomic E-state index is 11.3. The molecular weight excluding hydrogens is 204 g/mol. The van der Waals surface area contributed by atoms with Crippen LogP contribution in [0.5, 0.6) is 0 Å². The van der Waals surface area contributed by atoms with Crippen LogP contribution in [0.25, 0.3) is 0 Å². The Labute approximate surface area is 95.0 Å². The zero-order chi connectivity index (χ0) is 11.2. The third kappa shape index (κ3) is 4.02. The summed E-state index contributed by atoms with van der Waals surface area (Å²) in [6.07, 6.45) is 5.55. The van der Waals surface area contributed by atoms with Gasteiger partial charge in [-0.25, -0.2) is 0 Å². The number of nitrogens with zero attached hydrogens (tertiary/aromatic N) is 1.